The number of hydrogen-bond donors (Lipinski definition) is 0. The summed E-state index contributed by atoms with van der Waals surface area (Å²) in [6.45, 7) is 0. The summed E-state index contributed by atoms with van der Waals surface area (Å²) in [5.41, 5.74) is 2.85. The van der Waals surface area contributed by atoms with Gasteiger partial charge in [-0.3, -0.25) is 4.40 Å². The van der Waals surface area contributed by atoms with E-state index in [-0.39, 0.29) is 0 Å². The lowest BCUT2D eigenvalue weighted by Gasteiger charge is -2.13. The lowest BCUT2D eigenvalue weighted by molar-refractivity contribution is 0.324. The molecule has 2 aromatic carbocycles. The van der Waals surface area contributed by atoms with Crippen LogP contribution in [0.3, 0.4) is 0 Å². The van der Waals surface area contributed by atoms with Gasteiger partial charge >= 0.3 is 0 Å². The monoisotopic (exact) mass is 397 g/mol. The van der Waals surface area contributed by atoms with Gasteiger partial charge in [-0.05, 0) is 42.0 Å². The maximum Gasteiger partial charge on any atom is 0.216 e. The van der Waals surface area contributed by atoms with Crippen molar-refractivity contribution in [2.45, 2.75) is 0 Å². The summed E-state index contributed by atoms with van der Waals surface area (Å²) in [5, 5.41) is 10.8. The quantitative estimate of drug-likeness (QED) is 0.487. The van der Waals surface area contributed by atoms with E-state index in [2.05, 4.69) is 15.6 Å². The summed E-state index contributed by atoms with van der Waals surface area (Å²) in [6.07, 6.45) is 0. The first-order chi connectivity index (χ1) is 13.7. The van der Waals surface area contributed by atoms with Gasteiger partial charge < -0.3 is 18.9 Å². The van der Waals surface area contributed by atoms with Crippen molar-refractivity contribution in [2.75, 3.05) is 28.4 Å². The molecule has 2 aromatic heterocycles. The molecule has 0 bridgehead atoms. The first-order valence-corrected chi connectivity index (χ1v) is 9.35. The van der Waals surface area contributed by atoms with Crippen LogP contribution in [-0.2, 0) is 0 Å². The molecule has 0 atom stereocenters. The van der Waals surface area contributed by atoms with E-state index in [0.29, 0.717) is 23.1 Å². The molecule has 4 aromatic rings. The van der Waals surface area contributed by atoms with Crippen LogP contribution in [0.15, 0.2) is 41.8 Å². The van der Waals surface area contributed by atoms with Crippen molar-refractivity contribution in [1.82, 2.24) is 14.6 Å². The van der Waals surface area contributed by atoms with Crippen molar-refractivity contribution in [3.05, 3.63) is 41.8 Å². The molecule has 0 aliphatic rings. The molecule has 4 rings (SSSR count). The highest BCUT2D eigenvalue weighted by atomic mass is 32.1. The van der Waals surface area contributed by atoms with Crippen molar-refractivity contribution in [2.24, 2.45) is 0 Å². The molecule has 0 aliphatic heterocycles. The Labute approximate surface area is 166 Å². The van der Waals surface area contributed by atoms with Crippen LogP contribution in [0.25, 0.3) is 27.6 Å². The average Bonchev–Trinajstić information content (AvgIpc) is 3.35. The summed E-state index contributed by atoms with van der Waals surface area (Å²) in [7, 11) is 6.41. The van der Waals surface area contributed by atoms with Gasteiger partial charge in [-0.15, -0.1) is 21.5 Å². The van der Waals surface area contributed by atoms with E-state index in [1.807, 2.05) is 40.8 Å². The maximum atomic E-state index is 5.48. The van der Waals surface area contributed by atoms with Crippen molar-refractivity contribution in [3.8, 4) is 45.6 Å². The molecule has 0 unspecified atom stereocenters. The first kappa shape index (κ1) is 18.1. The molecular weight excluding hydrogens is 378 g/mol. The summed E-state index contributed by atoms with van der Waals surface area (Å²) in [4.78, 5) is 0.801. The minimum Gasteiger partial charge on any atom is -0.497 e. The molecule has 28 heavy (non-hydrogen) atoms. The highest BCUT2D eigenvalue weighted by molar-refractivity contribution is 7.15. The number of nitrogens with zero attached hydrogens (tertiary/aromatic N) is 3. The van der Waals surface area contributed by atoms with Gasteiger partial charge in [0.05, 0.1) is 34.1 Å². The summed E-state index contributed by atoms with van der Waals surface area (Å²) in [5.74, 6) is 3.17. The van der Waals surface area contributed by atoms with Gasteiger partial charge in [0.2, 0.25) is 10.7 Å². The van der Waals surface area contributed by atoms with Crippen LogP contribution in [0.2, 0.25) is 0 Å². The Morgan fingerprint density at radius 1 is 0.786 bits per heavy atom. The second kappa shape index (κ2) is 7.40. The number of fused-ring (bicyclic) bond motifs is 1. The fourth-order valence-corrected chi connectivity index (χ4v) is 3.92. The second-order valence-electron chi connectivity index (χ2n) is 5.91. The lowest BCUT2D eigenvalue weighted by atomic mass is 10.1. The molecule has 0 fully saturated rings. The number of methoxy groups -OCH3 is 4. The van der Waals surface area contributed by atoms with Crippen molar-refractivity contribution in [1.29, 1.82) is 0 Å². The van der Waals surface area contributed by atoms with Crippen LogP contribution in [0.5, 0.6) is 23.0 Å². The zero-order chi connectivity index (χ0) is 19.7. The molecule has 0 aliphatic carbocycles. The zero-order valence-electron chi connectivity index (χ0n) is 15.9. The van der Waals surface area contributed by atoms with Crippen molar-refractivity contribution >= 4 is 16.3 Å². The van der Waals surface area contributed by atoms with E-state index in [9.17, 15) is 0 Å². The summed E-state index contributed by atoms with van der Waals surface area (Å²) < 4.78 is 23.6. The van der Waals surface area contributed by atoms with Gasteiger partial charge in [-0.1, -0.05) is 0 Å². The van der Waals surface area contributed by atoms with Gasteiger partial charge in [0.1, 0.15) is 5.75 Å². The molecule has 144 valence electrons. The third-order valence-electron chi connectivity index (χ3n) is 4.46. The van der Waals surface area contributed by atoms with Crippen LogP contribution in [0, 0.1) is 0 Å². The first-order valence-electron chi connectivity index (χ1n) is 8.47. The standard InChI is InChI=1S/C20H19N3O4S/c1-24-14-7-5-12(6-8-14)15-11-28-20-22-21-19(23(15)20)13-9-16(25-2)18(27-4)17(10-13)26-3/h5-11H,1-4H3. The molecular formula is C20H19N3O4S. The molecule has 8 heteroatoms. The maximum absolute atomic E-state index is 5.48. The van der Waals surface area contributed by atoms with E-state index >= 15 is 0 Å². The Bertz CT molecular complexity index is 1090. The number of rotatable bonds is 6. The van der Waals surface area contributed by atoms with Crippen molar-refractivity contribution < 1.29 is 18.9 Å². The Morgan fingerprint density at radius 3 is 2.04 bits per heavy atom. The smallest absolute Gasteiger partial charge is 0.216 e. The van der Waals surface area contributed by atoms with Crippen LogP contribution < -0.4 is 18.9 Å². The predicted molar refractivity (Wildman–Crippen MR) is 108 cm³/mol. The molecule has 0 spiro atoms. The largest absolute Gasteiger partial charge is 0.497 e. The topological polar surface area (TPSA) is 67.1 Å². The minimum absolute atomic E-state index is 0.537. The van der Waals surface area contributed by atoms with Gasteiger partial charge in [0.25, 0.3) is 0 Å². The molecule has 0 radical (unpaired) electrons. The fraction of sp³-hybridized carbons (Fsp3) is 0.200. The van der Waals surface area contributed by atoms with Crippen LogP contribution in [0.1, 0.15) is 0 Å². The number of benzene rings is 2. The minimum atomic E-state index is 0.537. The molecule has 0 amide bonds. The molecule has 0 saturated carbocycles. The van der Waals surface area contributed by atoms with E-state index in [0.717, 1.165) is 27.5 Å². The molecule has 0 N–H and O–H groups in total. The van der Waals surface area contributed by atoms with E-state index in [1.54, 1.807) is 28.4 Å². The molecule has 0 saturated heterocycles. The number of hydrogen-bond acceptors (Lipinski definition) is 7. The van der Waals surface area contributed by atoms with Crippen LogP contribution >= 0.6 is 11.3 Å². The van der Waals surface area contributed by atoms with Gasteiger partial charge in [0, 0.05) is 10.9 Å². The van der Waals surface area contributed by atoms with E-state index in [4.69, 9.17) is 18.9 Å². The van der Waals surface area contributed by atoms with Crippen molar-refractivity contribution in [3.63, 3.8) is 0 Å². The lowest BCUT2D eigenvalue weighted by Crippen LogP contribution is -1.97. The second-order valence-corrected chi connectivity index (χ2v) is 6.74. The predicted octanol–water partition coefficient (Wildman–Crippen LogP) is 4.16. The van der Waals surface area contributed by atoms with Crippen LogP contribution in [-0.4, -0.2) is 43.0 Å². The average molecular weight is 397 g/mol. The summed E-state index contributed by atoms with van der Waals surface area (Å²) in [6, 6.07) is 11.6. The van der Waals surface area contributed by atoms with Crippen LogP contribution in [0.4, 0.5) is 0 Å². The molecule has 2 heterocycles. The highest BCUT2D eigenvalue weighted by Gasteiger charge is 2.20. The zero-order valence-corrected chi connectivity index (χ0v) is 16.7. The number of ether oxygens (including phenoxy) is 4. The van der Waals surface area contributed by atoms with Gasteiger partial charge in [0.15, 0.2) is 17.3 Å². The summed E-state index contributed by atoms with van der Waals surface area (Å²) >= 11 is 1.53. The fourth-order valence-electron chi connectivity index (χ4n) is 3.08. The third kappa shape index (κ3) is 2.91. The molecule has 7 nitrogen and oxygen atoms in total. The van der Waals surface area contributed by atoms with E-state index in [1.165, 1.54) is 11.3 Å². The number of aromatic nitrogens is 3. The normalized spacial score (nSPS) is 10.9. The number of thiazole rings is 1. The van der Waals surface area contributed by atoms with E-state index < -0.39 is 0 Å². The SMILES string of the molecule is COc1ccc(-c2csc3nnc(-c4cc(OC)c(OC)c(OC)c4)n23)cc1. The Balaban J connectivity index is 1.89. The van der Waals surface area contributed by atoms with Gasteiger partial charge in [-0.2, -0.15) is 0 Å². The Hall–Kier alpha value is -3.26. The highest BCUT2D eigenvalue weighted by Crippen LogP contribution is 2.41. The van der Waals surface area contributed by atoms with Gasteiger partial charge in [-0.25, -0.2) is 0 Å². The third-order valence-corrected chi connectivity index (χ3v) is 5.28. The Morgan fingerprint density at radius 2 is 1.46 bits per heavy atom. The Kier molecular flexibility index (Phi) is 4.79.